The maximum atomic E-state index is 13.4. The van der Waals surface area contributed by atoms with Gasteiger partial charge in [0.2, 0.25) is 0 Å². The number of nitrogens with zero attached hydrogens (tertiary/aromatic N) is 2. The molecule has 3 amide bonds. The van der Waals surface area contributed by atoms with Gasteiger partial charge in [-0.1, -0.05) is 48.5 Å². The van der Waals surface area contributed by atoms with Gasteiger partial charge in [0.25, 0.3) is 5.91 Å². The Morgan fingerprint density at radius 1 is 1.04 bits per heavy atom. The summed E-state index contributed by atoms with van der Waals surface area (Å²) in [7, 11) is 0. The van der Waals surface area contributed by atoms with Gasteiger partial charge >= 0.3 is 6.03 Å². The van der Waals surface area contributed by atoms with Crippen molar-refractivity contribution in [2.45, 2.75) is 25.3 Å². The van der Waals surface area contributed by atoms with Crippen molar-refractivity contribution >= 4 is 22.8 Å². The summed E-state index contributed by atoms with van der Waals surface area (Å²) in [5.41, 5.74) is 3.24. The van der Waals surface area contributed by atoms with Gasteiger partial charge < -0.3 is 9.88 Å². The molecule has 0 bridgehead atoms. The standard InChI is InChI=1S/C22H21N3O2/c1-22-19-17(16-9-5-6-10-18(16)23-19)12-14-25(22)21(27)24(20(22)26)13-11-15-7-3-2-4-8-15/h2-10,23H,11-14H2,1H3. The molecule has 1 N–H and O–H groups in total. The number of aromatic amines is 1. The van der Waals surface area contributed by atoms with Gasteiger partial charge in [0.1, 0.15) is 0 Å². The molecule has 0 aliphatic carbocycles. The highest BCUT2D eigenvalue weighted by Crippen LogP contribution is 2.43. The lowest BCUT2D eigenvalue weighted by molar-refractivity contribution is -0.133. The smallest absolute Gasteiger partial charge is 0.328 e. The summed E-state index contributed by atoms with van der Waals surface area (Å²) in [6.07, 6.45) is 1.43. The number of urea groups is 1. The van der Waals surface area contributed by atoms with Crippen molar-refractivity contribution in [1.82, 2.24) is 14.8 Å². The van der Waals surface area contributed by atoms with Crippen LogP contribution in [0, 0.1) is 0 Å². The minimum absolute atomic E-state index is 0.129. The molecular formula is C22H21N3O2. The Morgan fingerprint density at radius 3 is 2.59 bits per heavy atom. The van der Waals surface area contributed by atoms with E-state index in [1.54, 1.807) is 4.90 Å². The van der Waals surface area contributed by atoms with Crippen molar-refractivity contribution in [3.05, 3.63) is 71.4 Å². The molecule has 1 aromatic heterocycles. The van der Waals surface area contributed by atoms with E-state index in [-0.39, 0.29) is 11.9 Å². The zero-order valence-corrected chi connectivity index (χ0v) is 15.2. The van der Waals surface area contributed by atoms with Crippen LogP contribution in [0.25, 0.3) is 10.9 Å². The molecule has 1 fully saturated rings. The number of carbonyl (C=O) groups is 2. The molecule has 0 spiro atoms. The Balaban J connectivity index is 1.52. The molecule has 1 atom stereocenters. The Hall–Kier alpha value is -3.08. The van der Waals surface area contributed by atoms with Crippen LogP contribution in [0.4, 0.5) is 4.79 Å². The number of rotatable bonds is 3. The Bertz CT molecular complexity index is 1060. The summed E-state index contributed by atoms with van der Waals surface area (Å²) in [5, 5.41) is 1.15. The number of hydrogen-bond donors (Lipinski definition) is 1. The number of H-pyrrole nitrogens is 1. The molecule has 136 valence electrons. The molecule has 2 aliphatic rings. The second kappa shape index (κ2) is 5.71. The molecule has 5 nitrogen and oxygen atoms in total. The number of hydrogen-bond acceptors (Lipinski definition) is 2. The summed E-state index contributed by atoms with van der Waals surface area (Å²) in [5.74, 6) is -0.129. The van der Waals surface area contributed by atoms with Crippen molar-refractivity contribution < 1.29 is 9.59 Å². The van der Waals surface area contributed by atoms with Crippen LogP contribution in [-0.4, -0.2) is 39.8 Å². The average molecular weight is 359 g/mol. The van der Waals surface area contributed by atoms with E-state index >= 15 is 0 Å². The molecule has 0 radical (unpaired) electrons. The Labute approximate surface area is 157 Å². The number of carbonyl (C=O) groups excluding carboxylic acids is 2. The number of aromatic nitrogens is 1. The fourth-order valence-electron chi connectivity index (χ4n) is 4.54. The number of amides is 3. The van der Waals surface area contributed by atoms with Gasteiger partial charge in [-0.3, -0.25) is 9.69 Å². The van der Waals surface area contributed by atoms with Gasteiger partial charge in [0.15, 0.2) is 5.54 Å². The van der Waals surface area contributed by atoms with Crippen molar-refractivity contribution in [3.8, 4) is 0 Å². The van der Waals surface area contributed by atoms with E-state index in [4.69, 9.17) is 0 Å². The number of nitrogens with one attached hydrogen (secondary N) is 1. The fourth-order valence-corrected chi connectivity index (χ4v) is 4.54. The predicted octanol–water partition coefficient (Wildman–Crippen LogP) is 3.45. The van der Waals surface area contributed by atoms with E-state index < -0.39 is 5.54 Å². The quantitative estimate of drug-likeness (QED) is 0.728. The SMILES string of the molecule is CC12C(=O)N(CCc3ccccc3)C(=O)N1CCc1c2[nH]c2ccccc12. The third-order valence-electron chi connectivity index (χ3n) is 6.02. The van der Waals surface area contributed by atoms with E-state index in [2.05, 4.69) is 11.1 Å². The first-order valence-electron chi connectivity index (χ1n) is 9.38. The maximum absolute atomic E-state index is 13.4. The minimum atomic E-state index is -0.944. The number of fused-ring (bicyclic) bond motifs is 5. The van der Waals surface area contributed by atoms with Crippen LogP contribution < -0.4 is 0 Å². The van der Waals surface area contributed by atoms with Gasteiger partial charge in [-0.15, -0.1) is 0 Å². The van der Waals surface area contributed by atoms with Crippen molar-refractivity contribution in [1.29, 1.82) is 0 Å². The molecule has 3 aromatic rings. The van der Waals surface area contributed by atoms with E-state index in [1.807, 2.05) is 55.5 Å². The first-order chi connectivity index (χ1) is 13.1. The third kappa shape index (κ3) is 2.17. The van der Waals surface area contributed by atoms with E-state index in [0.717, 1.165) is 34.1 Å². The zero-order chi connectivity index (χ0) is 18.6. The number of benzene rings is 2. The van der Waals surface area contributed by atoms with Gasteiger partial charge in [0, 0.05) is 24.0 Å². The molecular weight excluding hydrogens is 338 g/mol. The molecule has 5 rings (SSSR count). The Kier molecular flexibility index (Phi) is 3.41. The van der Waals surface area contributed by atoms with Crippen LogP contribution in [0.2, 0.25) is 0 Å². The predicted molar refractivity (Wildman–Crippen MR) is 103 cm³/mol. The van der Waals surface area contributed by atoms with Crippen LogP contribution in [0.5, 0.6) is 0 Å². The summed E-state index contributed by atoms with van der Waals surface area (Å²) in [6, 6.07) is 17.9. The topological polar surface area (TPSA) is 56.4 Å². The minimum Gasteiger partial charge on any atom is -0.356 e. The molecule has 27 heavy (non-hydrogen) atoms. The largest absolute Gasteiger partial charge is 0.356 e. The summed E-state index contributed by atoms with van der Waals surface area (Å²) in [4.78, 5) is 33.0. The average Bonchev–Trinajstić information content (AvgIpc) is 3.16. The summed E-state index contributed by atoms with van der Waals surface area (Å²) < 4.78 is 0. The first kappa shape index (κ1) is 16.1. The maximum Gasteiger partial charge on any atom is 0.328 e. The van der Waals surface area contributed by atoms with Crippen LogP contribution >= 0.6 is 0 Å². The lowest BCUT2D eigenvalue weighted by Gasteiger charge is -2.36. The molecule has 3 heterocycles. The van der Waals surface area contributed by atoms with Gasteiger partial charge in [-0.05, 0) is 37.0 Å². The summed E-state index contributed by atoms with van der Waals surface area (Å²) >= 11 is 0. The highest BCUT2D eigenvalue weighted by Gasteiger charge is 2.58. The van der Waals surface area contributed by atoms with Crippen molar-refractivity contribution in [2.75, 3.05) is 13.1 Å². The number of imide groups is 1. The summed E-state index contributed by atoms with van der Waals surface area (Å²) in [6.45, 7) is 2.85. The van der Waals surface area contributed by atoms with E-state index in [9.17, 15) is 9.59 Å². The van der Waals surface area contributed by atoms with Gasteiger partial charge in [-0.2, -0.15) is 0 Å². The monoisotopic (exact) mass is 359 g/mol. The van der Waals surface area contributed by atoms with Crippen molar-refractivity contribution in [3.63, 3.8) is 0 Å². The molecule has 1 unspecified atom stereocenters. The lowest BCUT2D eigenvalue weighted by atomic mass is 9.87. The Morgan fingerprint density at radius 2 is 1.78 bits per heavy atom. The normalized spacial score (nSPS) is 21.7. The van der Waals surface area contributed by atoms with Crippen LogP contribution in [0.15, 0.2) is 54.6 Å². The lowest BCUT2D eigenvalue weighted by Crippen LogP contribution is -2.49. The van der Waals surface area contributed by atoms with Gasteiger partial charge in [0.05, 0.1) is 5.69 Å². The van der Waals surface area contributed by atoms with Crippen LogP contribution in [0.1, 0.15) is 23.7 Å². The molecule has 2 aliphatic heterocycles. The third-order valence-corrected chi connectivity index (χ3v) is 6.02. The first-order valence-corrected chi connectivity index (χ1v) is 9.38. The highest BCUT2D eigenvalue weighted by atomic mass is 16.2. The van der Waals surface area contributed by atoms with Crippen molar-refractivity contribution in [2.24, 2.45) is 0 Å². The highest BCUT2D eigenvalue weighted by molar-refractivity contribution is 6.08. The van der Waals surface area contributed by atoms with Crippen LogP contribution in [-0.2, 0) is 23.2 Å². The molecule has 5 heteroatoms. The second-order valence-corrected chi connectivity index (χ2v) is 7.47. The molecule has 1 saturated heterocycles. The van der Waals surface area contributed by atoms with E-state index in [1.165, 1.54) is 4.90 Å². The fraction of sp³-hybridized carbons (Fsp3) is 0.273. The van der Waals surface area contributed by atoms with E-state index in [0.29, 0.717) is 19.5 Å². The number of para-hydroxylation sites is 1. The molecule has 2 aromatic carbocycles. The van der Waals surface area contributed by atoms with Crippen LogP contribution in [0.3, 0.4) is 0 Å². The molecule has 0 saturated carbocycles. The van der Waals surface area contributed by atoms with Gasteiger partial charge in [-0.25, -0.2) is 4.79 Å². The zero-order valence-electron chi connectivity index (χ0n) is 15.2. The second-order valence-electron chi connectivity index (χ2n) is 7.47.